The molecule has 30 heavy (non-hydrogen) atoms. The molecule has 0 radical (unpaired) electrons. The molecule has 2 amide bonds. The van der Waals surface area contributed by atoms with Gasteiger partial charge in [0.2, 0.25) is 5.91 Å². The number of aliphatic hydroxyl groups excluding tert-OH is 1. The molecule has 6 heteroatoms. The third kappa shape index (κ3) is 3.46. The minimum atomic E-state index is -0.530. The zero-order valence-electron chi connectivity index (χ0n) is 17.2. The van der Waals surface area contributed by atoms with Gasteiger partial charge in [-0.1, -0.05) is 36.4 Å². The Morgan fingerprint density at radius 2 is 1.63 bits per heavy atom. The highest BCUT2D eigenvalue weighted by atomic mass is 16.3. The number of nitrogens with zero attached hydrogens (tertiary/aromatic N) is 3. The van der Waals surface area contributed by atoms with Gasteiger partial charge in [-0.25, -0.2) is 0 Å². The van der Waals surface area contributed by atoms with Gasteiger partial charge in [-0.2, -0.15) is 5.26 Å². The third-order valence-corrected chi connectivity index (χ3v) is 6.08. The van der Waals surface area contributed by atoms with Crippen molar-refractivity contribution in [3.63, 3.8) is 0 Å². The fraction of sp³-hybridized carbons (Fsp3) is 0.375. The summed E-state index contributed by atoms with van der Waals surface area (Å²) in [5, 5.41) is 19.5. The predicted molar refractivity (Wildman–Crippen MR) is 112 cm³/mol. The van der Waals surface area contributed by atoms with E-state index in [2.05, 4.69) is 6.07 Å². The Morgan fingerprint density at radius 1 is 1.07 bits per heavy atom. The minimum absolute atomic E-state index is 0.000770. The Kier molecular flexibility index (Phi) is 5.31. The fourth-order valence-corrected chi connectivity index (χ4v) is 4.21. The van der Waals surface area contributed by atoms with Crippen LogP contribution in [-0.4, -0.2) is 59.5 Å². The summed E-state index contributed by atoms with van der Waals surface area (Å²) >= 11 is 0. The average molecular weight is 403 g/mol. The van der Waals surface area contributed by atoms with Crippen molar-refractivity contribution in [2.24, 2.45) is 5.92 Å². The molecule has 2 aromatic carbocycles. The molecule has 3 atom stereocenters. The maximum atomic E-state index is 12.5. The van der Waals surface area contributed by atoms with Gasteiger partial charge in [0.1, 0.15) is 6.04 Å². The van der Waals surface area contributed by atoms with E-state index in [-0.39, 0.29) is 36.3 Å². The lowest BCUT2D eigenvalue weighted by Crippen LogP contribution is -2.65. The smallest absolute Gasteiger partial charge is 0.253 e. The van der Waals surface area contributed by atoms with Crippen molar-refractivity contribution in [3.8, 4) is 17.2 Å². The Labute approximate surface area is 176 Å². The Morgan fingerprint density at radius 3 is 2.10 bits per heavy atom. The highest BCUT2D eigenvalue weighted by Crippen LogP contribution is 2.44. The van der Waals surface area contributed by atoms with E-state index < -0.39 is 6.04 Å². The summed E-state index contributed by atoms with van der Waals surface area (Å²) < 4.78 is 0. The molecule has 0 spiro atoms. The lowest BCUT2D eigenvalue weighted by atomic mass is 9.75. The average Bonchev–Trinajstić information content (AvgIpc) is 3.59. The highest BCUT2D eigenvalue weighted by molar-refractivity contribution is 5.94. The van der Waals surface area contributed by atoms with Gasteiger partial charge in [-0.15, -0.1) is 0 Å². The maximum Gasteiger partial charge on any atom is 0.253 e. The number of carbonyl (C=O) groups is 2. The second-order valence-electron chi connectivity index (χ2n) is 8.27. The summed E-state index contributed by atoms with van der Waals surface area (Å²) in [7, 11) is 3.45. The number of aliphatic hydroxyl groups is 1. The topological polar surface area (TPSA) is 84.6 Å². The van der Waals surface area contributed by atoms with Gasteiger partial charge in [0.05, 0.1) is 18.7 Å². The molecular formula is C24H25N3O3. The van der Waals surface area contributed by atoms with E-state index in [0.29, 0.717) is 5.56 Å². The first kappa shape index (κ1) is 20.1. The number of likely N-dealkylation sites (tertiary alicyclic amines) is 1. The van der Waals surface area contributed by atoms with E-state index in [4.69, 9.17) is 0 Å². The number of carbonyl (C=O) groups excluding carboxylic acids is 2. The predicted octanol–water partition coefficient (Wildman–Crippen LogP) is 2.64. The van der Waals surface area contributed by atoms with Crippen molar-refractivity contribution in [3.05, 3.63) is 59.7 Å². The van der Waals surface area contributed by atoms with Gasteiger partial charge >= 0.3 is 0 Å². The number of benzene rings is 2. The van der Waals surface area contributed by atoms with Crippen LogP contribution in [0.2, 0.25) is 0 Å². The van der Waals surface area contributed by atoms with Crippen LogP contribution in [0.1, 0.15) is 34.7 Å². The van der Waals surface area contributed by atoms with Crippen LogP contribution in [0.15, 0.2) is 48.5 Å². The second kappa shape index (κ2) is 7.92. The third-order valence-electron chi connectivity index (χ3n) is 6.08. The molecule has 1 saturated heterocycles. The summed E-state index contributed by atoms with van der Waals surface area (Å²) in [6.45, 7) is -0.148. The molecule has 1 heterocycles. The minimum Gasteiger partial charge on any atom is -0.394 e. The van der Waals surface area contributed by atoms with Gasteiger partial charge in [-0.3, -0.25) is 9.59 Å². The molecule has 2 fully saturated rings. The van der Waals surface area contributed by atoms with Gasteiger partial charge < -0.3 is 14.9 Å². The molecule has 154 valence electrons. The molecule has 2 aliphatic rings. The number of nitriles is 1. The van der Waals surface area contributed by atoms with E-state index in [0.717, 1.165) is 29.5 Å². The second-order valence-corrected chi connectivity index (χ2v) is 8.27. The standard InChI is InChI=1S/C24H25N3O3/c1-26(2)23(29)18-9-5-16(6-10-18)15-3-7-17(8-4-15)22-20(13-25)27(21(22)14-28)24(30)19-11-12-19/h3-10,19-22,28H,11-12,14H2,1-2H3/t20-,21-,22+/m0/s1. The first-order valence-electron chi connectivity index (χ1n) is 10.2. The quantitative estimate of drug-likeness (QED) is 0.832. The largest absolute Gasteiger partial charge is 0.394 e. The Bertz CT molecular complexity index is 988. The van der Waals surface area contributed by atoms with Crippen LogP contribution in [0.4, 0.5) is 0 Å². The first-order valence-corrected chi connectivity index (χ1v) is 10.2. The van der Waals surface area contributed by atoms with Crippen molar-refractivity contribution in [1.29, 1.82) is 5.26 Å². The number of hydrogen-bond donors (Lipinski definition) is 1. The van der Waals surface area contributed by atoms with Crippen molar-refractivity contribution < 1.29 is 14.7 Å². The van der Waals surface area contributed by atoms with Crippen LogP contribution in [-0.2, 0) is 4.79 Å². The molecule has 6 nitrogen and oxygen atoms in total. The zero-order chi connectivity index (χ0) is 21.4. The van der Waals surface area contributed by atoms with Crippen LogP contribution >= 0.6 is 0 Å². The molecule has 0 unspecified atom stereocenters. The number of rotatable bonds is 5. The summed E-state index contributed by atoms with van der Waals surface area (Å²) in [6, 6.07) is 16.7. The SMILES string of the molecule is CN(C)C(=O)c1ccc(-c2ccc([C@@H]3[C@H](C#N)N(C(=O)C4CC4)[C@H]3CO)cc2)cc1. The maximum absolute atomic E-state index is 12.5. The van der Waals surface area contributed by atoms with E-state index in [1.165, 1.54) is 0 Å². The van der Waals surface area contributed by atoms with Gasteiger partial charge in [0.25, 0.3) is 5.91 Å². The summed E-state index contributed by atoms with van der Waals surface area (Å²) in [6.07, 6.45) is 1.76. The zero-order valence-corrected chi connectivity index (χ0v) is 17.2. The molecule has 1 aliphatic heterocycles. The highest BCUT2D eigenvalue weighted by Gasteiger charge is 2.53. The van der Waals surface area contributed by atoms with Crippen LogP contribution in [0.25, 0.3) is 11.1 Å². The van der Waals surface area contributed by atoms with Crippen LogP contribution < -0.4 is 0 Å². The molecule has 1 aliphatic carbocycles. The Balaban J connectivity index is 1.52. The van der Waals surface area contributed by atoms with Crippen molar-refractivity contribution in [1.82, 2.24) is 9.80 Å². The lowest BCUT2D eigenvalue weighted by Gasteiger charge is -2.51. The number of hydrogen-bond acceptors (Lipinski definition) is 4. The lowest BCUT2D eigenvalue weighted by molar-refractivity contribution is -0.148. The van der Waals surface area contributed by atoms with Crippen molar-refractivity contribution >= 4 is 11.8 Å². The van der Waals surface area contributed by atoms with Crippen molar-refractivity contribution in [2.45, 2.75) is 30.8 Å². The summed E-state index contributed by atoms with van der Waals surface area (Å²) in [5.74, 6) is -0.192. The summed E-state index contributed by atoms with van der Waals surface area (Å²) in [5.41, 5.74) is 3.58. The van der Waals surface area contributed by atoms with Crippen molar-refractivity contribution in [2.75, 3.05) is 20.7 Å². The van der Waals surface area contributed by atoms with Gasteiger partial charge in [0, 0.05) is 31.5 Å². The Hall–Kier alpha value is -3.17. The van der Waals surface area contributed by atoms with Crippen LogP contribution in [0, 0.1) is 17.2 Å². The molecule has 2 aromatic rings. The number of amides is 2. The van der Waals surface area contributed by atoms with Gasteiger partial charge in [0.15, 0.2) is 0 Å². The molecule has 0 aromatic heterocycles. The van der Waals surface area contributed by atoms with Crippen LogP contribution in [0.5, 0.6) is 0 Å². The normalized spacial score (nSPS) is 22.7. The monoisotopic (exact) mass is 403 g/mol. The molecule has 1 N–H and O–H groups in total. The molecule has 4 rings (SSSR count). The van der Waals surface area contributed by atoms with E-state index in [1.54, 1.807) is 23.9 Å². The first-order chi connectivity index (χ1) is 14.5. The van der Waals surface area contributed by atoms with Crippen LogP contribution in [0.3, 0.4) is 0 Å². The van der Waals surface area contributed by atoms with E-state index >= 15 is 0 Å². The van der Waals surface area contributed by atoms with Gasteiger partial charge in [-0.05, 0) is 41.7 Å². The van der Waals surface area contributed by atoms with E-state index in [9.17, 15) is 20.0 Å². The molecule has 0 bridgehead atoms. The summed E-state index contributed by atoms with van der Waals surface area (Å²) in [4.78, 5) is 27.7. The molecular weight excluding hydrogens is 378 g/mol. The molecule has 1 saturated carbocycles. The fourth-order valence-electron chi connectivity index (χ4n) is 4.21. The van der Waals surface area contributed by atoms with E-state index in [1.807, 2.05) is 48.5 Å².